The summed E-state index contributed by atoms with van der Waals surface area (Å²) in [6.45, 7) is 0.600. The average molecular weight is 344 g/mol. The average Bonchev–Trinajstić information content (AvgIpc) is 2.89. The van der Waals surface area contributed by atoms with Gasteiger partial charge in [0.05, 0.1) is 11.0 Å². The first-order valence-corrected chi connectivity index (χ1v) is 9.30. The van der Waals surface area contributed by atoms with Crippen LogP contribution in [0.25, 0.3) is 0 Å². The van der Waals surface area contributed by atoms with Crippen LogP contribution in [0, 0.1) is 0 Å². The molecule has 1 aromatic rings. The molecule has 0 bridgehead atoms. The summed E-state index contributed by atoms with van der Waals surface area (Å²) in [7, 11) is -2.83. The van der Waals surface area contributed by atoms with Crippen LogP contribution in [0.2, 0.25) is 0 Å². The van der Waals surface area contributed by atoms with Crippen molar-refractivity contribution in [1.29, 1.82) is 0 Å². The van der Waals surface area contributed by atoms with Crippen LogP contribution in [0.5, 0.6) is 0 Å². The maximum atomic E-state index is 11.8. The summed E-state index contributed by atoms with van der Waals surface area (Å²) >= 11 is 3.49. The lowest BCUT2D eigenvalue weighted by atomic mass is 10.1. The molecular formula is C14H18BrNO2S. The van der Waals surface area contributed by atoms with Gasteiger partial charge in [0.25, 0.3) is 0 Å². The van der Waals surface area contributed by atoms with Gasteiger partial charge in [-0.1, -0.05) is 22.0 Å². The van der Waals surface area contributed by atoms with Crippen LogP contribution in [0.3, 0.4) is 0 Å². The topological polar surface area (TPSA) is 46.2 Å². The van der Waals surface area contributed by atoms with Crippen LogP contribution in [0.15, 0.2) is 22.7 Å². The zero-order chi connectivity index (χ0) is 13.5. The van der Waals surface area contributed by atoms with Gasteiger partial charge in [-0.05, 0) is 48.9 Å². The van der Waals surface area contributed by atoms with Crippen LogP contribution in [-0.4, -0.2) is 26.0 Å². The van der Waals surface area contributed by atoms with E-state index in [2.05, 4.69) is 39.4 Å². The van der Waals surface area contributed by atoms with E-state index in [9.17, 15) is 8.42 Å². The zero-order valence-corrected chi connectivity index (χ0v) is 13.1. The van der Waals surface area contributed by atoms with Gasteiger partial charge >= 0.3 is 0 Å². The summed E-state index contributed by atoms with van der Waals surface area (Å²) in [4.78, 5) is 0. The largest absolute Gasteiger partial charge is 0.309 e. The first-order chi connectivity index (χ1) is 9.06. The van der Waals surface area contributed by atoms with Gasteiger partial charge in [-0.15, -0.1) is 0 Å². The maximum Gasteiger partial charge on any atom is 0.154 e. The minimum absolute atomic E-state index is 0.174. The molecule has 2 unspecified atom stereocenters. The molecule has 1 aliphatic carbocycles. The van der Waals surface area contributed by atoms with Crippen LogP contribution in [-0.2, 0) is 16.3 Å². The van der Waals surface area contributed by atoms with Crippen molar-refractivity contribution in [3.63, 3.8) is 0 Å². The molecule has 1 heterocycles. The third kappa shape index (κ3) is 2.73. The number of benzene rings is 1. The molecule has 1 aliphatic heterocycles. The van der Waals surface area contributed by atoms with E-state index < -0.39 is 9.84 Å². The molecule has 1 fully saturated rings. The zero-order valence-electron chi connectivity index (χ0n) is 10.7. The molecule has 0 radical (unpaired) electrons. The van der Waals surface area contributed by atoms with E-state index in [1.807, 2.05) is 0 Å². The van der Waals surface area contributed by atoms with Gasteiger partial charge in [0.15, 0.2) is 9.84 Å². The van der Waals surface area contributed by atoms with E-state index >= 15 is 0 Å². The summed E-state index contributed by atoms with van der Waals surface area (Å²) in [5, 5.41) is 3.29. The summed E-state index contributed by atoms with van der Waals surface area (Å²) in [5.74, 6) is 0.369. The predicted octanol–water partition coefficient (Wildman–Crippen LogP) is 2.60. The number of fused-ring (bicyclic) bond motifs is 1. The normalized spacial score (nSPS) is 28.5. The Morgan fingerprint density at radius 1 is 1.32 bits per heavy atom. The van der Waals surface area contributed by atoms with Crippen molar-refractivity contribution < 1.29 is 8.42 Å². The van der Waals surface area contributed by atoms with E-state index in [-0.39, 0.29) is 5.25 Å². The van der Waals surface area contributed by atoms with Gasteiger partial charge in [-0.2, -0.15) is 0 Å². The monoisotopic (exact) mass is 343 g/mol. The molecule has 0 aromatic heterocycles. The Morgan fingerprint density at radius 3 is 2.89 bits per heavy atom. The highest BCUT2D eigenvalue weighted by atomic mass is 79.9. The Labute approximate surface area is 122 Å². The van der Waals surface area contributed by atoms with Crippen molar-refractivity contribution in [2.75, 3.05) is 12.3 Å². The lowest BCUT2D eigenvalue weighted by Crippen LogP contribution is -2.32. The standard InChI is InChI=1S/C14H18BrNO2S/c15-11-4-5-13-10(8-11)3-6-14(13)16-9-12-2-1-7-19(12,17)18/h4-5,8,12,14,16H,1-3,6-7,9H2. The summed E-state index contributed by atoms with van der Waals surface area (Å²) in [6, 6.07) is 6.70. The van der Waals surface area contributed by atoms with Gasteiger partial charge in [0, 0.05) is 17.1 Å². The third-order valence-corrected chi connectivity index (χ3v) is 7.01. The number of hydrogen-bond acceptors (Lipinski definition) is 3. The highest BCUT2D eigenvalue weighted by Crippen LogP contribution is 2.33. The molecule has 2 aliphatic rings. The number of aryl methyl sites for hydroxylation is 1. The highest BCUT2D eigenvalue weighted by molar-refractivity contribution is 9.10. The summed E-state index contributed by atoms with van der Waals surface area (Å²) in [5.41, 5.74) is 2.71. The van der Waals surface area contributed by atoms with Gasteiger partial charge in [0.2, 0.25) is 0 Å². The van der Waals surface area contributed by atoms with Crippen LogP contribution < -0.4 is 5.32 Å². The molecule has 1 N–H and O–H groups in total. The number of hydrogen-bond donors (Lipinski definition) is 1. The van der Waals surface area contributed by atoms with Crippen molar-refractivity contribution in [2.24, 2.45) is 0 Å². The first-order valence-electron chi connectivity index (χ1n) is 6.79. The Balaban J connectivity index is 1.67. The van der Waals surface area contributed by atoms with Crippen LogP contribution in [0.4, 0.5) is 0 Å². The Kier molecular flexibility index (Phi) is 3.71. The van der Waals surface area contributed by atoms with Crippen molar-refractivity contribution in [1.82, 2.24) is 5.32 Å². The quantitative estimate of drug-likeness (QED) is 0.917. The fourth-order valence-corrected chi connectivity index (χ4v) is 5.35. The predicted molar refractivity (Wildman–Crippen MR) is 80.0 cm³/mol. The van der Waals surface area contributed by atoms with Gasteiger partial charge < -0.3 is 5.32 Å². The van der Waals surface area contributed by atoms with E-state index in [0.717, 1.165) is 30.2 Å². The maximum absolute atomic E-state index is 11.8. The second-order valence-corrected chi connectivity index (χ2v) is 8.79. The smallest absolute Gasteiger partial charge is 0.154 e. The van der Waals surface area contributed by atoms with E-state index in [4.69, 9.17) is 0 Å². The number of rotatable bonds is 3. The minimum atomic E-state index is -2.83. The van der Waals surface area contributed by atoms with Crippen molar-refractivity contribution >= 4 is 25.8 Å². The fourth-order valence-electron chi connectivity index (χ4n) is 3.16. The lowest BCUT2D eigenvalue weighted by molar-refractivity contribution is 0.510. The molecule has 19 heavy (non-hydrogen) atoms. The summed E-state index contributed by atoms with van der Waals surface area (Å²) in [6.07, 6.45) is 3.78. The van der Waals surface area contributed by atoms with Crippen molar-refractivity contribution in [3.05, 3.63) is 33.8 Å². The highest BCUT2D eigenvalue weighted by Gasteiger charge is 2.32. The number of nitrogens with one attached hydrogen (secondary N) is 1. The molecule has 0 saturated carbocycles. The van der Waals surface area contributed by atoms with Crippen LogP contribution in [0.1, 0.15) is 36.4 Å². The fraction of sp³-hybridized carbons (Fsp3) is 0.571. The van der Waals surface area contributed by atoms with E-state index in [0.29, 0.717) is 18.3 Å². The molecule has 1 aromatic carbocycles. The first kappa shape index (κ1) is 13.6. The molecule has 5 heteroatoms. The summed E-state index contributed by atoms with van der Waals surface area (Å²) < 4.78 is 24.7. The van der Waals surface area contributed by atoms with Gasteiger partial charge in [-0.3, -0.25) is 0 Å². The van der Waals surface area contributed by atoms with Crippen molar-refractivity contribution in [3.8, 4) is 0 Å². The van der Waals surface area contributed by atoms with Gasteiger partial charge in [0.1, 0.15) is 0 Å². The van der Waals surface area contributed by atoms with Gasteiger partial charge in [-0.25, -0.2) is 8.42 Å². The third-order valence-electron chi connectivity index (χ3n) is 4.24. The van der Waals surface area contributed by atoms with Crippen LogP contribution >= 0.6 is 15.9 Å². The Bertz CT molecular complexity index is 585. The molecule has 3 nitrogen and oxygen atoms in total. The number of sulfone groups is 1. The molecule has 1 saturated heterocycles. The second kappa shape index (κ2) is 5.19. The Morgan fingerprint density at radius 2 is 2.16 bits per heavy atom. The Hall–Kier alpha value is -0.390. The molecule has 104 valence electrons. The molecule has 3 rings (SSSR count). The van der Waals surface area contributed by atoms with E-state index in [1.165, 1.54) is 11.1 Å². The molecular weight excluding hydrogens is 326 g/mol. The molecule has 0 spiro atoms. The van der Waals surface area contributed by atoms with E-state index in [1.54, 1.807) is 0 Å². The lowest BCUT2D eigenvalue weighted by Gasteiger charge is -2.17. The SMILES string of the molecule is O=S1(=O)CCCC1CNC1CCc2cc(Br)ccc21. The minimum Gasteiger partial charge on any atom is -0.309 e. The van der Waals surface area contributed by atoms with Crippen molar-refractivity contribution in [2.45, 2.75) is 37.0 Å². The molecule has 0 amide bonds. The molecule has 2 atom stereocenters. The second-order valence-electron chi connectivity index (χ2n) is 5.47. The number of halogens is 1.